The molecule has 1 aliphatic heterocycles. The topological polar surface area (TPSA) is 29.5 Å². The Bertz CT molecular complexity index is 316. The first-order chi connectivity index (χ1) is 7.94. The summed E-state index contributed by atoms with van der Waals surface area (Å²) >= 11 is 0. The van der Waals surface area contributed by atoms with Crippen LogP contribution in [0.4, 0.5) is 4.79 Å². The Kier molecular flexibility index (Phi) is 2.43. The molecule has 0 spiro atoms. The molecule has 0 radical (unpaired) electrons. The normalized spacial score (nSPS) is 39.6. The lowest BCUT2D eigenvalue weighted by molar-refractivity contribution is 0.0276. The molecule has 0 N–H and O–H groups in total. The predicted molar refractivity (Wildman–Crippen MR) is 65.6 cm³/mol. The van der Waals surface area contributed by atoms with E-state index in [9.17, 15) is 4.79 Å². The third-order valence-electron chi connectivity index (χ3n) is 4.79. The minimum absolute atomic E-state index is 0.105. The second-order valence-corrected chi connectivity index (χ2v) is 7.05. The maximum absolute atomic E-state index is 12.0. The highest BCUT2D eigenvalue weighted by Gasteiger charge is 2.52. The highest BCUT2D eigenvalue weighted by Crippen LogP contribution is 2.55. The van der Waals surface area contributed by atoms with Crippen molar-refractivity contribution in [3.8, 4) is 0 Å². The summed E-state index contributed by atoms with van der Waals surface area (Å²) in [5.74, 6) is 3.36. The monoisotopic (exact) mass is 237 g/mol. The van der Waals surface area contributed by atoms with Crippen LogP contribution in [0.1, 0.15) is 40.0 Å². The Morgan fingerprint density at radius 2 is 1.65 bits per heavy atom. The van der Waals surface area contributed by atoms with E-state index in [4.69, 9.17) is 4.74 Å². The fourth-order valence-corrected chi connectivity index (χ4v) is 4.16. The molecule has 1 heterocycles. The third kappa shape index (κ3) is 1.94. The lowest BCUT2D eigenvalue weighted by Crippen LogP contribution is -2.36. The van der Waals surface area contributed by atoms with E-state index in [1.54, 1.807) is 0 Å². The van der Waals surface area contributed by atoms with Crippen molar-refractivity contribution < 1.29 is 9.53 Å². The first-order valence-corrected chi connectivity index (χ1v) is 6.92. The number of likely N-dealkylation sites (tertiary alicyclic amines) is 1. The van der Waals surface area contributed by atoms with Gasteiger partial charge in [0.15, 0.2) is 0 Å². The number of ether oxygens (including phenoxy) is 1. The van der Waals surface area contributed by atoms with Crippen LogP contribution in [0.25, 0.3) is 0 Å². The van der Waals surface area contributed by atoms with Gasteiger partial charge in [0, 0.05) is 13.1 Å². The zero-order valence-corrected chi connectivity index (χ0v) is 11.1. The van der Waals surface area contributed by atoms with Gasteiger partial charge in [0.2, 0.25) is 0 Å². The van der Waals surface area contributed by atoms with Crippen LogP contribution in [0.3, 0.4) is 0 Å². The molecule has 3 rings (SSSR count). The third-order valence-corrected chi connectivity index (χ3v) is 4.79. The maximum atomic E-state index is 12.0. The smallest absolute Gasteiger partial charge is 0.410 e. The maximum Gasteiger partial charge on any atom is 0.410 e. The van der Waals surface area contributed by atoms with Gasteiger partial charge in [-0.3, -0.25) is 0 Å². The van der Waals surface area contributed by atoms with E-state index in [-0.39, 0.29) is 11.7 Å². The molecule has 0 aromatic rings. The second kappa shape index (κ2) is 3.63. The van der Waals surface area contributed by atoms with Gasteiger partial charge in [-0.25, -0.2) is 4.79 Å². The average molecular weight is 237 g/mol. The van der Waals surface area contributed by atoms with Gasteiger partial charge in [0.05, 0.1) is 0 Å². The van der Waals surface area contributed by atoms with E-state index in [0.29, 0.717) is 0 Å². The van der Waals surface area contributed by atoms with E-state index < -0.39 is 0 Å². The van der Waals surface area contributed by atoms with Gasteiger partial charge in [-0.15, -0.1) is 0 Å². The highest BCUT2D eigenvalue weighted by atomic mass is 16.6. The molecule has 4 unspecified atom stereocenters. The molecule has 3 heteroatoms. The molecule has 0 aromatic heterocycles. The number of amides is 1. The number of nitrogens with zero attached hydrogens (tertiary/aromatic N) is 1. The van der Waals surface area contributed by atoms with Crippen LogP contribution in [0.15, 0.2) is 0 Å². The lowest BCUT2D eigenvalue weighted by Gasteiger charge is -2.25. The summed E-state index contributed by atoms with van der Waals surface area (Å²) in [5.41, 5.74) is -0.367. The summed E-state index contributed by atoms with van der Waals surface area (Å²) in [6, 6.07) is 0. The van der Waals surface area contributed by atoms with Gasteiger partial charge in [-0.05, 0) is 63.7 Å². The SMILES string of the molecule is CC(C)(C)OC(=O)N1CC2C3CCC(C3)C2C1. The summed E-state index contributed by atoms with van der Waals surface area (Å²) in [6.45, 7) is 7.70. The van der Waals surface area contributed by atoms with Crippen LogP contribution in [0.2, 0.25) is 0 Å². The Morgan fingerprint density at radius 1 is 1.12 bits per heavy atom. The molecule has 3 fully saturated rings. The van der Waals surface area contributed by atoms with Crippen molar-refractivity contribution in [1.29, 1.82) is 0 Å². The van der Waals surface area contributed by atoms with Crippen molar-refractivity contribution in [2.24, 2.45) is 23.7 Å². The predicted octanol–water partition coefficient (Wildman–Crippen LogP) is 2.90. The van der Waals surface area contributed by atoms with Gasteiger partial charge < -0.3 is 9.64 Å². The van der Waals surface area contributed by atoms with Gasteiger partial charge in [0.1, 0.15) is 5.60 Å². The van der Waals surface area contributed by atoms with Gasteiger partial charge in [-0.1, -0.05) is 0 Å². The molecule has 3 aliphatic rings. The molecular weight excluding hydrogens is 214 g/mol. The van der Waals surface area contributed by atoms with Crippen LogP contribution in [0.5, 0.6) is 0 Å². The highest BCUT2D eigenvalue weighted by molar-refractivity contribution is 5.68. The number of rotatable bonds is 0. The number of hydrogen-bond acceptors (Lipinski definition) is 2. The Morgan fingerprint density at radius 3 is 2.12 bits per heavy atom. The Balaban J connectivity index is 1.63. The minimum atomic E-state index is -0.367. The first-order valence-electron chi connectivity index (χ1n) is 6.92. The van der Waals surface area contributed by atoms with Gasteiger partial charge in [0.25, 0.3) is 0 Å². The molecule has 2 bridgehead atoms. The van der Waals surface area contributed by atoms with Gasteiger partial charge in [-0.2, -0.15) is 0 Å². The molecule has 96 valence electrons. The second-order valence-electron chi connectivity index (χ2n) is 7.05. The van der Waals surface area contributed by atoms with Crippen LogP contribution in [0, 0.1) is 23.7 Å². The van der Waals surface area contributed by atoms with Crippen LogP contribution >= 0.6 is 0 Å². The molecular formula is C14H23NO2. The zero-order chi connectivity index (χ0) is 12.2. The van der Waals surface area contributed by atoms with Crippen molar-refractivity contribution in [3.05, 3.63) is 0 Å². The van der Waals surface area contributed by atoms with E-state index in [1.165, 1.54) is 19.3 Å². The summed E-state index contributed by atoms with van der Waals surface area (Å²) in [7, 11) is 0. The zero-order valence-electron chi connectivity index (χ0n) is 11.1. The fraction of sp³-hybridized carbons (Fsp3) is 0.929. The fourth-order valence-electron chi connectivity index (χ4n) is 4.16. The van der Waals surface area contributed by atoms with E-state index in [2.05, 4.69) is 0 Å². The summed E-state index contributed by atoms with van der Waals surface area (Å²) < 4.78 is 5.46. The molecule has 4 atom stereocenters. The average Bonchev–Trinajstić information content (AvgIpc) is 2.87. The van der Waals surface area contributed by atoms with Crippen LogP contribution in [-0.4, -0.2) is 29.7 Å². The van der Waals surface area contributed by atoms with E-state index in [1.807, 2.05) is 25.7 Å². The van der Waals surface area contributed by atoms with Crippen molar-refractivity contribution in [2.45, 2.75) is 45.6 Å². The Labute approximate surface area is 104 Å². The van der Waals surface area contributed by atoms with E-state index in [0.717, 1.165) is 36.8 Å². The molecule has 17 heavy (non-hydrogen) atoms. The van der Waals surface area contributed by atoms with E-state index >= 15 is 0 Å². The molecule has 3 nitrogen and oxygen atoms in total. The standard InChI is InChI=1S/C14H23NO2/c1-14(2,3)17-13(16)15-7-11-9-4-5-10(6-9)12(11)8-15/h9-12H,4-8H2,1-3H3. The molecule has 1 saturated heterocycles. The number of carbonyl (C=O) groups is 1. The Hall–Kier alpha value is -0.730. The van der Waals surface area contributed by atoms with Crippen LogP contribution in [-0.2, 0) is 4.74 Å². The molecule has 2 aliphatic carbocycles. The summed E-state index contributed by atoms with van der Waals surface area (Å²) in [4.78, 5) is 14.0. The first kappa shape index (κ1) is 11.4. The summed E-state index contributed by atoms with van der Waals surface area (Å²) in [5, 5.41) is 0. The lowest BCUT2D eigenvalue weighted by atomic mass is 9.82. The summed E-state index contributed by atoms with van der Waals surface area (Å²) in [6.07, 6.45) is 4.12. The van der Waals surface area contributed by atoms with Crippen molar-refractivity contribution in [2.75, 3.05) is 13.1 Å². The number of hydrogen-bond donors (Lipinski definition) is 0. The van der Waals surface area contributed by atoms with Crippen molar-refractivity contribution in [3.63, 3.8) is 0 Å². The van der Waals surface area contributed by atoms with Crippen molar-refractivity contribution >= 4 is 6.09 Å². The number of carbonyl (C=O) groups excluding carboxylic acids is 1. The number of fused-ring (bicyclic) bond motifs is 5. The van der Waals surface area contributed by atoms with Crippen LogP contribution < -0.4 is 0 Å². The molecule has 2 saturated carbocycles. The molecule has 1 amide bonds. The largest absolute Gasteiger partial charge is 0.444 e. The van der Waals surface area contributed by atoms with Gasteiger partial charge >= 0.3 is 6.09 Å². The molecule has 0 aromatic carbocycles. The quantitative estimate of drug-likeness (QED) is 0.648. The van der Waals surface area contributed by atoms with Crippen molar-refractivity contribution in [1.82, 2.24) is 4.90 Å². The minimum Gasteiger partial charge on any atom is -0.444 e.